The summed E-state index contributed by atoms with van der Waals surface area (Å²) in [6, 6.07) is 26.0. The van der Waals surface area contributed by atoms with Crippen LogP contribution in [-0.4, -0.2) is 38.1 Å². The summed E-state index contributed by atoms with van der Waals surface area (Å²) >= 11 is 0. The zero-order valence-corrected chi connectivity index (χ0v) is 19.9. The van der Waals surface area contributed by atoms with Crippen LogP contribution in [0.25, 0.3) is 11.1 Å². The first-order chi connectivity index (χ1) is 17.5. The number of esters is 2. The van der Waals surface area contributed by atoms with E-state index >= 15 is 0 Å². The molecule has 0 spiro atoms. The van der Waals surface area contributed by atoms with Crippen LogP contribution in [0.15, 0.2) is 103 Å². The standard InChI is InChI=1S/C29H25NO6/c1-34-25-24(21-16-10-5-11-17-21)29(33)36-26(25)23(20-14-8-4-9-15-20)27(31)30-22(28(32)35-2)18-19-12-6-3-7-13-19/h3-17,22H,18H2,1-2H3,(H,30,31). The fraction of sp³-hybridized carbons (Fsp3) is 0.138. The molecule has 7 heteroatoms. The van der Waals surface area contributed by atoms with Gasteiger partial charge >= 0.3 is 11.9 Å². The third-order valence-corrected chi connectivity index (χ3v) is 5.69. The fourth-order valence-electron chi connectivity index (χ4n) is 4.00. The maximum atomic E-state index is 13.7. The van der Waals surface area contributed by atoms with Gasteiger partial charge in [0.2, 0.25) is 0 Å². The van der Waals surface area contributed by atoms with E-state index < -0.39 is 23.9 Å². The molecule has 1 amide bonds. The highest BCUT2D eigenvalue weighted by Gasteiger charge is 2.37. The molecule has 0 bridgehead atoms. The number of methoxy groups -OCH3 is 2. The van der Waals surface area contributed by atoms with Gasteiger partial charge in [-0.25, -0.2) is 9.59 Å². The predicted octanol–water partition coefficient (Wildman–Crippen LogP) is 3.91. The van der Waals surface area contributed by atoms with Crippen LogP contribution < -0.4 is 5.32 Å². The lowest BCUT2D eigenvalue weighted by Gasteiger charge is -2.19. The Morgan fingerprint density at radius 3 is 2.03 bits per heavy atom. The van der Waals surface area contributed by atoms with Crippen LogP contribution in [0.5, 0.6) is 0 Å². The van der Waals surface area contributed by atoms with Crippen LogP contribution in [0.4, 0.5) is 0 Å². The number of hydrogen-bond donors (Lipinski definition) is 1. The van der Waals surface area contributed by atoms with E-state index in [9.17, 15) is 14.4 Å². The minimum atomic E-state index is -0.968. The van der Waals surface area contributed by atoms with E-state index in [0.29, 0.717) is 11.1 Å². The summed E-state index contributed by atoms with van der Waals surface area (Å²) in [7, 11) is 2.67. The quantitative estimate of drug-likeness (QED) is 0.386. The van der Waals surface area contributed by atoms with Crippen molar-refractivity contribution in [3.63, 3.8) is 0 Å². The van der Waals surface area contributed by atoms with Crippen LogP contribution in [0.3, 0.4) is 0 Å². The van der Waals surface area contributed by atoms with E-state index in [1.807, 2.05) is 36.4 Å². The molecule has 1 aliphatic heterocycles. The van der Waals surface area contributed by atoms with Gasteiger partial charge in [-0.15, -0.1) is 0 Å². The van der Waals surface area contributed by atoms with E-state index in [1.54, 1.807) is 54.6 Å². The summed E-state index contributed by atoms with van der Waals surface area (Å²) in [6.45, 7) is 0. The first-order valence-corrected chi connectivity index (χ1v) is 11.3. The van der Waals surface area contributed by atoms with E-state index in [1.165, 1.54) is 14.2 Å². The molecule has 4 rings (SSSR count). The summed E-state index contributed by atoms with van der Waals surface area (Å²) in [5, 5.41) is 2.76. The number of amides is 1. The van der Waals surface area contributed by atoms with Gasteiger partial charge in [0.15, 0.2) is 11.5 Å². The van der Waals surface area contributed by atoms with Crippen molar-refractivity contribution < 1.29 is 28.6 Å². The second-order valence-electron chi connectivity index (χ2n) is 7.97. The van der Waals surface area contributed by atoms with E-state index in [4.69, 9.17) is 14.2 Å². The SMILES string of the molecule is COC(=O)C(Cc1ccccc1)NC(=O)C(=C1OC(=O)C(c2ccccc2)=C1OC)c1ccccc1. The average molecular weight is 484 g/mol. The molecule has 0 aromatic heterocycles. The molecule has 0 saturated carbocycles. The van der Waals surface area contributed by atoms with Crippen LogP contribution in [-0.2, 0) is 35.0 Å². The summed E-state index contributed by atoms with van der Waals surface area (Å²) in [6.07, 6.45) is 0.221. The summed E-state index contributed by atoms with van der Waals surface area (Å²) in [5.41, 5.74) is 2.21. The Morgan fingerprint density at radius 1 is 0.861 bits per heavy atom. The molecule has 7 nitrogen and oxygen atoms in total. The Bertz CT molecular complexity index is 1310. The lowest BCUT2D eigenvalue weighted by molar-refractivity contribution is -0.144. The topological polar surface area (TPSA) is 90.9 Å². The van der Waals surface area contributed by atoms with Gasteiger partial charge in [0, 0.05) is 6.42 Å². The zero-order chi connectivity index (χ0) is 25.5. The van der Waals surface area contributed by atoms with E-state index in [0.717, 1.165) is 5.56 Å². The number of ether oxygens (including phenoxy) is 3. The van der Waals surface area contributed by atoms with Crippen molar-refractivity contribution in [2.24, 2.45) is 0 Å². The molecule has 0 aliphatic carbocycles. The largest absolute Gasteiger partial charge is 0.492 e. The van der Waals surface area contributed by atoms with Crippen LogP contribution in [0.1, 0.15) is 16.7 Å². The monoisotopic (exact) mass is 483 g/mol. The third-order valence-electron chi connectivity index (χ3n) is 5.69. The average Bonchev–Trinajstić information content (AvgIpc) is 3.25. The fourth-order valence-corrected chi connectivity index (χ4v) is 4.00. The molecule has 1 unspecified atom stereocenters. The summed E-state index contributed by atoms with van der Waals surface area (Å²) < 4.78 is 16.1. The van der Waals surface area contributed by atoms with Crippen LogP contribution >= 0.6 is 0 Å². The molecular weight excluding hydrogens is 458 g/mol. The molecule has 1 aliphatic rings. The third kappa shape index (κ3) is 5.20. The first kappa shape index (κ1) is 24.5. The number of carbonyl (C=O) groups excluding carboxylic acids is 3. The number of nitrogens with one attached hydrogen (secondary N) is 1. The predicted molar refractivity (Wildman–Crippen MR) is 134 cm³/mol. The van der Waals surface area contributed by atoms with Gasteiger partial charge in [-0.05, 0) is 16.7 Å². The van der Waals surface area contributed by atoms with Crippen LogP contribution in [0.2, 0.25) is 0 Å². The van der Waals surface area contributed by atoms with Crippen molar-refractivity contribution in [3.05, 3.63) is 119 Å². The maximum absolute atomic E-state index is 13.7. The molecule has 1 heterocycles. The Kier molecular flexibility index (Phi) is 7.60. The van der Waals surface area contributed by atoms with Crippen molar-refractivity contribution >= 4 is 29.0 Å². The Balaban J connectivity index is 1.80. The van der Waals surface area contributed by atoms with Gasteiger partial charge in [-0.1, -0.05) is 91.0 Å². The lowest BCUT2D eigenvalue weighted by Crippen LogP contribution is -2.43. The summed E-state index contributed by atoms with van der Waals surface area (Å²) in [5.74, 6) is -1.73. The Morgan fingerprint density at radius 2 is 1.44 bits per heavy atom. The molecular formula is C29H25NO6. The van der Waals surface area contributed by atoms with Crippen molar-refractivity contribution in [1.82, 2.24) is 5.32 Å². The second kappa shape index (κ2) is 11.2. The number of rotatable bonds is 8. The Labute approximate surface area is 209 Å². The molecule has 0 fully saturated rings. The van der Waals surface area contributed by atoms with Gasteiger partial charge in [-0.3, -0.25) is 4.79 Å². The van der Waals surface area contributed by atoms with Gasteiger partial charge < -0.3 is 19.5 Å². The highest BCUT2D eigenvalue weighted by molar-refractivity contribution is 6.26. The first-order valence-electron chi connectivity index (χ1n) is 11.3. The van der Waals surface area contributed by atoms with Gasteiger partial charge in [-0.2, -0.15) is 0 Å². The van der Waals surface area contributed by atoms with Crippen molar-refractivity contribution in [2.45, 2.75) is 12.5 Å². The highest BCUT2D eigenvalue weighted by atomic mass is 16.6. The lowest BCUT2D eigenvalue weighted by atomic mass is 9.99. The molecule has 0 saturated heterocycles. The zero-order valence-electron chi connectivity index (χ0n) is 19.9. The van der Waals surface area contributed by atoms with E-state index in [-0.39, 0.29) is 29.1 Å². The number of cyclic esters (lactones) is 1. The van der Waals surface area contributed by atoms with Crippen LogP contribution in [0, 0.1) is 0 Å². The molecule has 1 atom stereocenters. The number of carbonyl (C=O) groups is 3. The molecule has 1 N–H and O–H groups in total. The maximum Gasteiger partial charge on any atom is 0.348 e. The molecule has 3 aromatic rings. The van der Waals surface area contributed by atoms with Crippen molar-refractivity contribution in [2.75, 3.05) is 14.2 Å². The van der Waals surface area contributed by atoms with Crippen molar-refractivity contribution in [3.8, 4) is 0 Å². The van der Waals surface area contributed by atoms with Gasteiger partial charge in [0.25, 0.3) is 5.91 Å². The normalized spacial score (nSPS) is 15.1. The molecule has 3 aromatic carbocycles. The van der Waals surface area contributed by atoms with Crippen molar-refractivity contribution in [1.29, 1.82) is 0 Å². The smallest absolute Gasteiger partial charge is 0.348 e. The van der Waals surface area contributed by atoms with Gasteiger partial charge in [0.05, 0.1) is 19.8 Å². The number of benzene rings is 3. The highest BCUT2D eigenvalue weighted by Crippen LogP contribution is 2.38. The van der Waals surface area contributed by atoms with E-state index in [2.05, 4.69) is 5.32 Å². The minimum Gasteiger partial charge on any atom is -0.492 e. The minimum absolute atomic E-state index is 0.0200. The number of hydrogen-bond acceptors (Lipinski definition) is 6. The molecule has 36 heavy (non-hydrogen) atoms. The molecule has 182 valence electrons. The Hall–Kier alpha value is -4.65. The second-order valence-corrected chi connectivity index (χ2v) is 7.97. The molecule has 0 radical (unpaired) electrons. The summed E-state index contributed by atoms with van der Waals surface area (Å²) in [4.78, 5) is 39.2. The van der Waals surface area contributed by atoms with Gasteiger partial charge in [0.1, 0.15) is 11.6 Å².